The number of halogens is 2. The highest BCUT2D eigenvalue weighted by atomic mass is 35.5. The van der Waals surface area contributed by atoms with Gasteiger partial charge in [0.25, 0.3) is 5.56 Å². The molecule has 2 saturated carbocycles. The monoisotopic (exact) mass is 522 g/mol. The molecule has 0 atom stereocenters. The fourth-order valence-corrected chi connectivity index (χ4v) is 5.24. The molecule has 2 aliphatic carbocycles. The number of aryl methyl sites for hydroxylation is 1. The van der Waals surface area contributed by atoms with E-state index in [2.05, 4.69) is 21.2 Å². The van der Waals surface area contributed by atoms with Crippen LogP contribution < -0.4 is 10.5 Å². The zero-order valence-electron chi connectivity index (χ0n) is 20.8. The number of pyridine rings is 3. The van der Waals surface area contributed by atoms with Crippen LogP contribution in [0.5, 0.6) is 0 Å². The SMILES string of the molecule is CN(c1c(C#N)c(=O)n(C)c2ccc(Cl)nc12)C1CCC(/C(=N\OCC2CC2)c2ccc(F)cn2)CC1. The highest BCUT2D eigenvalue weighted by Crippen LogP contribution is 2.35. The first-order chi connectivity index (χ1) is 17.9. The molecule has 0 unspecified atom stereocenters. The summed E-state index contributed by atoms with van der Waals surface area (Å²) in [5.41, 5.74) is 2.72. The molecule has 2 fully saturated rings. The first-order valence-electron chi connectivity index (χ1n) is 12.5. The normalized spacial score (nSPS) is 20.0. The minimum absolute atomic E-state index is 0.0561. The molecule has 192 valence electrons. The second-order valence-corrected chi connectivity index (χ2v) is 10.3. The highest BCUT2D eigenvalue weighted by Gasteiger charge is 2.32. The molecular weight excluding hydrogens is 495 g/mol. The summed E-state index contributed by atoms with van der Waals surface area (Å²) in [5, 5.41) is 14.6. The Balaban J connectivity index is 1.40. The van der Waals surface area contributed by atoms with Gasteiger partial charge in [0, 0.05) is 26.1 Å². The molecule has 0 radical (unpaired) electrons. The van der Waals surface area contributed by atoms with Gasteiger partial charge in [0.05, 0.1) is 23.1 Å². The maximum Gasteiger partial charge on any atom is 0.270 e. The quantitative estimate of drug-likeness (QED) is 0.251. The van der Waals surface area contributed by atoms with Crippen molar-refractivity contribution in [2.24, 2.45) is 24.0 Å². The van der Waals surface area contributed by atoms with E-state index in [9.17, 15) is 14.4 Å². The standard InChI is InChI=1S/C27H28ClFN6O2/c1-34(26-20(13-30)27(36)35(2)22-11-12-23(28)32-25(22)26)19-8-5-17(6-9-19)24(33-37-15-16-3-4-16)21-10-7-18(29)14-31-21/h7,10-12,14,16-17,19H,3-6,8-9,15H2,1-2H3/b33-24+. The van der Waals surface area contributed by atoms with Crippen molar-refractivity contribution in [3.63, 3.8) is 0 Å². The molecule has 0 saturated heterocycles. The van der Waals surface area contributed by atoms with Crippen LogP contribution in [-0.4, -0.2) is 39.9 Å². The predicted octanol–water partition coefficient (Wildman–Crippen LogP) is 4.82. The Morgan fingerprint density at radius 1 is 1.24 bits per heavy atom. The molecule has 3 aromatic rings. The molecule has 8 nitrogen and oxygen atoms in total. The molecule has 0 amide bonds. The van der Waals surface area contributed by atoms with Gasteiger partial charge in [0.15, 0.2) is 0 Å². The van der Waals surface area contributed by atoms with Crippen LogP contribution in [0, 0.1) is 29.0 Å². The van der Waals surface area contributed by atoms with Crippen molar-refractivity contribution in [3.8, 4) is 6.07 Å². The van der Waals surface area contributed by atoms with Gasteiger partial charge in [0.1, 0.15) is 40.4 Å². The Labute approximate surface area is 219 Å². The minimum Gasteiger partial charge on any atom is -0.395 e. The summed E-state index contributed by atoms with van der Waals surface area (Å²) in [7, 11) is 3.53. The third-order valence-corrected chi connectivity index (χ3v) is 7.65. The van der Waals surface area contributed by atoms with Gasteiger partial charge >= 0.3 is 0 Å². The van der Waals surface area contributed by atoms with Crippen LogP contribution in [0.1, 0.15) is 49.8 Å². The molecule has 0 bridgehead atoms. The lowest BCUT2D eigenvalue weighted by Crippen LogP contribution is -2.39. The molecule has 10 heteroatoms. The lowest BCUT2D eigenvalue weighted by atomic mass is 9.81. The second-order valence-electron chi connectivity index (χ2n) is 9.89. The van der Waals surface area contributed by atoms with E-state index in [0.717, 1.165) is 31.4 Å². The van der Waals surface area contributed by atoms with Gasteiger partial charge in [-0.25, -0.2) is 9.37 Å². The lowest BCUT2D eigenvalue weighted by molar-refractivity contribution is 0.131. The summed E-state index contributed by atoms with van der Waals surface area (Å²) >= 11 is 6.20. The topological polar surface area (TPSA) is 96.4 Å². The van der Waals surface area contributed by atoms with Crippen molar-refractivity contribution < 1.29 is 9.23 Å². The fraction of sp³-hybridized carbons (Fsp3) is 0.444. The maximum absolute atomic E-state index is 13.5. The number of nitrogens with zero attached hydrogens (tertiary/aromatic N) is 6. The van der Waals surface area contributed by atoms with Crippen molar-refractivity contribution in [1.29, 1.82) is 5.26 Å². The first-order valence-corrected chi connectivity index (χ1v) is 12.9. The average Bonchev–Trinajstić information content (AvgIpc) is 3.73. The van der Waals surface area contributed by atoms with Crippen molar-refractivity contribution in [2.75, 3.05) is 18.6 Å². The molecule has 0 spiro atoms. The van der Waals surface area contributed by atoms with E-state index in [4.69, 9.17) is 16.4 Å². The lowest BCUT2D eigenvalue weighted by Gasteiger charge is -2.36. The molecule has 5 rings (SSSR count). The number of rotatable bonds is 7. The van der Waals surface area contributed by atoms with Gasteiger partial charge in [-0.15, -0.1) is 0 Å². The summed E-state index contributed by atoms with van der Waals surface area (Å²) in [4.78, 5) is 29.4. The van der Waals surface area contributed by atoms with E-state index in [1.54, 1.807) is 25.2 Å². The van der Waals surface area contributed by atoms with Crippen LogP contribution in [0.2, 0.25) is 5.15 Å². The smallest absolute Gasteiger partial charge is 0.270 e. The van der Waals surface area contributed by atoms with Crippen LogP contribution in [0.15, 0.2) is 40.4 Å². The molecule has 2 aliphatic rings. The molecular formula is C27H28ClFN6O2. The molecule has 0 aromatic carbocycles. The van der Waals surface area contributed by atoms with Crippen molar-refractivity contribution >= 4 is 34.0 Å². The number of anilines is 1. The first kappa shape index (κ1) is 25.2. The Hall–Kier alpha value is -3.51. The van der Waals surface area contributed by atoms with Crippen LogP contribution in [0.25, 0.3) is 11.0 Å². The summed E-state index contributed by atoms with van der Waals surface area (Å²) in [6, 6.07) is 8.60. The number of hydrogen-bond acceptors (Lipinski definition) is 7. The Morgan fingerprint density at radius 3 is 2.65 bits per heavy atom. The van der Waals surface area contributed by atoms with E-state index in [0.29, 0.717) is 40.1 Å². The molecule has 0 aliphatic heterocycles. The van der Waals surface area contributed by atoms with Gasteiger partial charge in [-0.2, -0.15) is 5.26 Å². The number of aromatic nitrogens is 3. The highest BCUT2D eigenvalue weighted by molar-refractivity contribution is 6.29. The minimum atomic E-state index is -0.393. The van der Waals surface area contributed by atoms with Crippen LogP contribution in [0.3, 0.4) is 0 Å². The van der Waals surface area contributed by atoms with Gasteiger partial charge < -0.3 is 14.3 Å². The second kappa shape index (κ2) is 10.5. The van der Waals surface area contributed by atoms with Crippen LogP contribution >= 0.6 is 11.6 Å². The summed E-state index contributed by atoms with van der Waals surface area (Å²) in [6.07, 6.45) is 6.74. The van der Waals surface area contributed by atoms with Gasteiger partial charge in [0.2, 0.25) is 0 Å². The Kier molecular flexibility index (Phi) is 7.11. The Bertz CT molecular complexity index is 1440. The summed E-state index contributed by atoms with van der Waals surface area (Å²) in [6.45, 7) is 0.589. The number of fused-ring (bicyclic) bond motifs is 1. The van der Waals surface area contributed by atoms with Crippen LogP contribution in [-0.2, 0) is 11.9 Å². The van der Waals surface area contributed by atoms with E-state index < -0.39 is 5.82 Å². The molecule has 37 heavy (non-hydrogen) atoms. The number of hydrogen-bond donors (Lipinski definition) is 0. The predicted molar refractivity (Wildman–Crippen MR) is 140 cm³/mol. The zero-order chi connectivity index (χ0) is 26.1. The van der Waals surface area contributed by atoms with Gasteiger partial charge in [-0.3, -0.25) is 9.78 Å². The fourth-order valence-electron chi connectivity index (χ4n) is 5.09. The van der Waals surface area contributed by atoms with E-state index in [1.807, 2.05) is 11.9 Å². The third kappa shape index (κ3) is 5.16. The Morgan fingerprint density at radius 2 is 2.00 bits per heavy atom. The number of nitriles is 1. The van der Waals surface area contributed by atoms with E-state index >= 15 is 0 Å². The van der Waals surface area contributed by atoms with E-state index in [1.165, 1.54) is 29.7 Å². The van der Waals surface area contributed by atoms with Gasteiger partial charge in [-0.05, 0) is 68.7 Å². The van der Waals surface area contributed by atoms with Gasteiger partial charge in [-0.1, -0.05) is 16.8 Å². The molecule has 3 aromatic heterocycles. The molecule has 3 heterocycles. The number of oxime groups is 1. The van der Waals surface area contributed by atoms with Crippen molar-refractivity contribution in [3.05, 3.63) is 63.0 Å². The van der Waals surface area contributed by atoms with E-state index in [-0.39, 0.29) is 23.1 Å². The maximum atomic E-state index is 13.5. The summed E-state index contributed by atoms with van der Waals surface area (Å²) < 4.78 is 14.9. The molecule has 0 N–H and O–H groups in total. The van der Waals surface area contributed by atoms with Crippen LogP contribution in [0.4, 0.5) is 10.1 Å². The zero-order valence-corrected chi connectivity index (χ0v) is 21.6. The largest absolute Gasteiger partial charge is 0.395 e. The van der Waals surface area contributed by atoms with Crippen molar-refractivity contribution in [1.82, 2.24) is 14.5 Å². The average molecular weight is 523 g/mol. The van der Waals surface area contributed by atoms with Crippen molar-refractivity contribution in [2.45, 2.75) is 44.6 Å². The third-order valence-electron chi connectivity index (χ3n) is 7.44. The summed E-state index contributed by atoms with van der Waals surface area (Å²) in [5.74, 6) is 0.279.